The second kappa shape index (κ2) is 8.31. The van der Waals surface area contributed by atoms with Gasteiger partial charge in [-0.25, -0.2) is 4.98 Å². The molecule has 0 saturated carbocycles. The second-order valence-electron chi connectivity index (χ2n) is 7.06. The fourth-order valence-electron chi connectivity index (χ4n) is 3.56. The number of benzene rings is 2. The Morgan fingerprint density at radius 2 is 1.60 bits per heavy atom. The Kier molecular flexibility index (Phi) is 5.59. The number of aromatic nitrogens is 1. The van der Waals surface area contributed by atoms with Crippen molar-refractivity contribution in [2.45, 2.75) is 6.92 Å². The smallest absolute Gasteiger partial charge is 0.253 e. The number of fused-ring (bicyclic) bond motifs is 1. The molecular formula is C22H23N3O4S. The SMILES string of the molecule is COc1ccc2sc(N3CCN(C(=O)c4ccc(C(C)=O)cc4)CC3)nc2c1OC. The highest BCUT2D eigenvalue weighted by Crippen LogP contribution is 2.40. The van der Waals surface area contributed by atoms with Gasteiger partial charge in [-0.2, -0.15) is 0 Å². The number of amides is 1. The zero-order valence-electron chi connectivity index (χ0n) is 17.2. The lowest BCUT2D eigenvalue weighted by molar-refractivity contribution is 0.0746. The van der Waals surface area contributed by atoms with Crippen LogP contribution in [0, 0.1) is 0 Å². The molecule has 2 heterocycles. The minimum Gasteiger partial charge on any atom is -0.493 e. The van der Waals surface area contributed by atoms with E-state index < -0.39 is 0 Å². The van der Waals surface area contributed by atoms with Crippen molar-refractivity contribution in [3.8, 4) is 11.5 Å². The van der Waals surface area contributed by atoms with Gasteiger partial charge in [0, 0.05) is 37.3 Å². The van der Waals surface area contributed by atoms with Crippen LogP contribution >= 0.6 is 11.3 Å². The molecule has 156 valence electrons. The predicted molar refractivity (Wildman–Crippen MR) is 117 cm³/mol. The van der Waals surface area contributed by atoms with E-state index in [1.165, 1.54) is 6.92 Å². The normalized spacial score (nSPS) is 14.1. The summed E-state index contributed by atoms with van der Waals surface area (Å²) in [6.45, 7) is 4.16. The fourth-order valence-corrected chi connectivity index (χ4v) is 4.58. The predicted octanol–water partition coefficient (Wildman–Crippen LogP) is 3.48. The van der Waals surface area contributed by atoms with Crippen LogP contribution in [0.1, 0.15) is 27.6 Å². The number of nitrogens with zero attached hydrogens (tertiary/aromatic N) is 3. The Hall–Kier alpha value is -3.13. The third kappa shape index (κ3) is 3.70. The van der Waals surface area contributed by atoms with Gasteiger partial charge in [0.25, 0.3) is 5.91 Å². The van der Waals surface area contributed by atoms with Crippen LogP contribution in [-0.4, -0.2) is 62.0 Å². The van der Waals surface area contributed by atoms with Gasteiger partial charge < -0.3 is 19.3 Å². The van der Waals surface area contributed by atoms with E-state index in [0.29, 0.717) is 48.8 Å². The summed E-state index contributed by atoms with van der Waals surface area (Å²) >= 11 is 1.61. The molecule has 0 bridgehead atoms. The quantitative estimate of drug-likeness (QED) is 0.583. The van der Waals surface area contributed by atoms with Crippen LogP contribution in [-0.2, 0) is 0 Å². The van der Waals surface area contributed by atoms with Gasteiger partial charge in [0.15, 0.2) is 22.4 Å². The minimum absolute atomic E-state index is 0.00676. The molecule has 1 aliphatic rings. The highest BCUT2D eigenvalue weighted by molar-refractivity contribution is 7.22. The van der Waals surface area contributed by atoms with Crippen molar-refractivity contribution in [2.75, 3.05) is 45.3 Å². The number of carbonyl (C=O) groups excluding carboxylic acids is 2. The van der Waals surface area contributed by atoms with E-state index in [4.69, 9.17) is 14.5 Å². The highest BCUT2D eigenvalue weighted by Gasteiger charge is 2.25. The molecule has 3 aromatic rings. The van der Waals surface area contributed by atoms with E-state index >= 15 is 0 Å². The van der Waals surface area contributed by atoms with Gasteiger partial charge in [0.05, 0.1) is 18.9 Å². The van der Waals surface area contributed by atoms with Crippen LogP contribution in [0.4, 0.5) is 5.13 Å². The van der Waals surface area contributed by atoms with Crippen LogP contribution in [0.25, 0.3) is 10.2 Å². The van der Waals surface area contributed by atoms with Gasteiger partial charge in [-0.1, -0.05) is 23.5 Å². The molecule has 1 saturated heterocycles. The summed E-state index contributed by atoms with van der Waals surface area (Å²) in [5, 5.41) is 0.912. The van der Waals surface area contributed by atoms with Crippen molar-refractivity contribution in [2.24, 2.45) is 0 Å². The van der Waals surface area contributed by atoms with Crippen molar-refractivity contribution < 1.29 is 19.1 Å². The first-order chi connectivity index (χ1) is 14.5. The zero-order valence-corrected chi connectivity index (χ0v) is 18.0. The van der Waals surface area contributed by atoms with E-state index in [0.717, 1.165) is 15.3 Å². The first kappa shape index (κ1) is 20.2. The first-order valence-electron chi connectivity index (χ1n) is 9.68. The van der Waals surface area contributed by atoms with E-state index in [-0.39, 0.29) is 11.7 Å². The van der Waals surface area contributed by atoms with E-state index in [1.807, 2.05) is 17.0 Å². The summed E-state index contributed by atoms with van der Waals surface area (Å²) in [6.07, 6.45) is 0. The largest absolute Gasteiger partial charge is 0.493 e. The molecular weight excluding hydrogens is 402 g/mol. The van der Waals surface area contributed by atoms with E-state index in [9.17, 15) is 9.59 Å². The zero-order chi connectivity index (χ0) is 21.3. The van der Waals surface area contributed by atoms with Crippen molar-refractivity contribution in [3.63, 3.8) is 0 Å². The van der Waals surface area contributed by atoms with Gasteiger partial charge >= 0.3 is 0 Å². The third-order valence-electron chi connectivity index (χ3n) is 5.27. The molecule has 2 aromatic carbocycles. The van der Waals surface area contributed by atoms with Crippen molar-refractivity contribution in [1.82, 2.24) is 9.88 Å². The van der Waals surface area contributed by atoms with E-state index in [2.05, 4.69) is 4.90 Å². The lowest BCUT2D eigenvalue weighted by Gasteiger charge is -2.34. The number of Topliss-reactive ketones (excluding diaryl/α,β-unsaturated/α-hetero) is 1. The Morgan fingerprint density at radius 3 is 2.20 bits per heavy atom. The molecule has 1 amide bonds. The lowest BCUT2D eigenvalue weighted by Crippen LogP contribution is -2.48. The van der Waals surface area contributed by atoms with Crippen LogP contribution in [0.3, 0.4) is 0 Å². The number of hydrogen-bond acceptors (Lipinski definition) is 7. The van der Waals surface area contributed by atoms with Crippen LogP contribution in [0.15, 0.2) is 36.4 Å². The number of rotatable bonds is 5. The lowest BCUT2D eigenvalue weighted by atomic mass is 10.1. The maximum absolute atomic E-state index is 12.8. The summed E-state index contributed by atoms with van der Waals surface area (Å²) in [5.74, 6) is 1.28. The summed E-state index contributed by atoms with van der Waals surface area (Å²) in [7, 11) is 3.23. The molecule has 1 aromatic heterocycles. The molecule has 8 heteroatoms. The molecule has 0 N–H and O–H groups in total. The topological polar surface area (TPSA) is 72.0 Å². The van der Waals surface area contributed by atoms with Crippen LogP contribution in [0.5, 0.6) is 11.5 Å². The number of ketones is 1. The number of piperazine rings is 1. The number of anilines is 1. The number of carbonyl (C=O) groups is 2. The summed E-state index contributed by atoms with van der Waals surface area (Å²) < 4.78 is 11.9. The van der Waals surface area contributed by atoms with Gasteiger partial charge in [-0.15, -0.1) is 0 Å². The average Bonchev–Trinajstić information content (AvgIpc) is 3.22. The summed E-state index contributed by atoms with van der Waals surface area (Å²) in [5.41, 5.74) is 2.01. The standard InChI is InChI=1S/C22H23N3O4S/c1-14(26)15-4-6-16(7-5-15)21(27)24-10-12-25(13-11-24)22-23-19-18(30-22)9-8-17(28-2)20(19)29-3/h4-9H,10-13H2,1-3H3. The molecule has 4 rings (SSSR count). The first-order valence-corrected chi connectivity index (χ1v) is 10.5. The molecule has 0 unspecified atom stereocenters. The van der Waals surface area contributed by atoms with Crippen LogP contribution in [0.2, 0.25) is 0 Å². The fraction of sp³-hybridized carbons (Fsp3) is 0.318. The average molecular weight is 426 g/mol. The Balaban J connectivity index is 1.46. The third-order valence-corrected chi connectivity index (χ3v) is 6.35. The molecule has 30 heavy (non-hydrogen) atoms. The molecule has 0 spiro atoms. The van der Waals surface area contributed by atoms with Crippen LogP contribution < -0.4 is 14.4 Å². The van der Waals surface area contributed by atoms with Gasteiger partial charge in [-0.05, 0) is 31.2 Å². The van der Waals surface area contributed by atoms with Gasteiger partial charge in [-0.3, -0.25) is 9.59 Å². The van der Waals surface area contributed by atoms with Gasteiger partial charge in [0.2, 0.25) is 0 Å². The molecule has 1 fully saturated rings. The summed E-state index contributed by atoms with van der Waals surface area (Å²) in [4.78, 5) is 33.0. The molecule has 0 atom stereocenters. The second-order valence-corrected chi connectivity index (χ2v) is 8.07. The molecule has 1 aliphatic heterocycles. The molecule has 7 nitrogen and oxygen atoms in total. The van der Waals surface area contributed by atoms with Crippen molar-refractivity contribution in [1.29, 1.82) is 0 Å². The van der Waals surface area contributed by atoms with Gasteiger partial charge in [0.1, 0.15) is 5.52 Å². The summed E-state index contributed by atoms with van der Waals surface area (Å²) in [6, 6.07) is 10.7. The molecule has 0 aliphatic carbocycles. The number of thiazole rings is 1. The van der Waals surface area contributed by atoms with E-state index in [1.54, 1.807) is 49.8 Å². The maximum Gasteiger partial charge on any atom is 0.253 e. The Morgan fingerprint density at radius 1 is 0.933 bits per heavy atom. The monoisotopic (exact) mass is 425 g/mol. The van der Waals surface area contributed by atoms with Crippen molar-refractivity contribution >= 4 is 38.4 Å². The number of methoxy groups -OCH3 is 2. The van der Waals surface area contributed by atoms with Crippen molar-refractivity contribution in [3.05, 3.63) is 47.5 Å². The number of hydrogen-bond donors (Lipinski definition) is 0. The number of ether oxygens (including phenoxy) is 2. The molecule has 0 radical (unpaired) electrons. The Labute approximate surface area is 178 Å². The maximum atomic E-state index is 12.8. The Bertz CT molecular complexity index is 1090. The minimum atomic E-state index is -0.0135. The highest BCUT2D eigenvalue weighted by atomic mass is 32.1.